The number of nitrogens with zero attached hydrogens (tertiary/aromatic N) is 1. The Balaban J connectivity index is 1.77. The minimum absolute atomic E-state index is 0.115. The first-order valence-electron chi connectivity index (χ1n) is 12.0. The van der Waals surface area contributed by atoms with Gasteiger partial charge in [0.1, 0.15) is 6.04 Å². The molecule has 2 amide bonds. The summed E-state index contributed by atoms with van der Waals surface area (Å²) < 4.78 is 10.9. The van der Waals surface area contributed by atoms with Gasteiger partial charge in [-0.2, -0.15) is 0 Å². The number of methoxy groups -OCH3 is 2. The zero-order chi connectivity index (χ0) is 24.6. The molecule has 3 aromatic rings. The van der Waals surface area contributed by atoms with Crippen molar-refractivity contribution in [1.82, 2.24) is 5.32 Å². The highest BCUT2D eigenvalue weighted by molar-refractivity contribution is 7.10. The summed E-state index contributed by atoms with van der Waals surface area (Å²) in [4.78, 5) is 30.3. The Labute approximate surface area is 210 Å². The maximum Gasteiger partial charge on any atom is 0.248 e. The molecule has 7 heteroatoms. The minimum Gasteiger partial charge on any atom is -0.493 e. The maximum atomic E-state index is 13.9. The molecule has 0 spiro atoms. The van der Waals surface area contributed by atoms with E-state index in [1.54, 1.807) is 31.3 Å². The summed E-state index contributed by atoms with van der Waals surface area (Å²) in [6.07, 6.45) is 5.53. The number of hydrogen-bond acceptors (Lipinski definition) is 5. The van der Waals surface area contributed by atoms with Crippen LogP contribution in [0.25, 0.3) is 0 Å². The quantitative estimate of drug-likeness (QED) is 0.426. The molecule has 0 aliphatic heterocycles. The van der Waals surface area contributed by atoms with Crippen LogP contribution < -0.4 is 19.7 Å². The second kappa shape index (κ2) is 11.9. The van der Waals surface area contributed by atoms with E-state index in [0.29, 0.717) is 22.7 Å². The largest absolute Gasteiger partial charge is 0.493 e. The molecule has 35 heavy (non-hydrogen) atoms. The molecule has 0 radical (unpaired) electrons. The molecule has 1 heterocycles. The van der Waals surface area contributed by atoms with E-state index in [-0.39, 0.29) is 24.3 Å². The molecule has 4 rings (SSSR count). The average molecular weight is 493 g/mol. The molecule has 1 fully saturated rings. The molecule has 0 bridgehead atoms. The first-order valence-corrected chi connectivity index (χ1v) is 12.9. The lowest BCUT2D eigenvalue weighted by Gasteiger charge is -2.33. The van der Waals surface area contributed by atoms with E-state index in [9.17, 15) is 9.59 Å². The third kappa shape index (κ3) is 6.03. The van der Waals surface area contributed by atoms with E-state index in [0.717, 1.165) is 30.6 Å². The van der Waals surface area contributed by atoms with E-state index < -0.39 is 6.04 Å². The number of anilines is 1. The van der Waals surface area contributed by atoms with Gasteiger partial charge in [-0.15, -0.1) is 11.3 Å². The van der Waals surface area contributed by atoms with Gasteiger partial charge < -0.3 is 14.8 Å². The molecule has 1 aliphatic carbocycles. The normalized spacial score (nSPS) is 14.7. The Bertz CT molecular complexity index is 1110. The van der Waals surface area contributed by atoms with Crippen LogP contribution in [0.15, 0.2) is 66.0 Å². The standard InChI is InChI=1S/C28H32N2O4S/c1-33-24-16-15-20(18-25(24)34-2)27(28(32)29-21-10-5-3-6-11-21)30(22-12-7-4-8-13-22)26(31)19-23-14-9-17-35-23/h4,7-9,12-18,21,27H,3,5-6,10-11,19H2,1-2H3,(H,29,32)/t27-/m0/s1. The van der Waals surface area contributed by atoms with Crippen molar-refractivity contribution in [1.29, 1.82) is 0 Å². The van der Waals surface area contributed by atoms with E-state index in [1.165, 1.54) is 17.8 Å². The number of nitrogens with one attached hydrogen (secondary N) is 1. The van der Waals surface area contributed by atoms with Crippen molar-refractivity contribution in [2.75, 3.05) is 19.1 Å². The van der Waals surface area contributed by atoms with Gasteiger partial charge in [-0.3, -0.25) is 14.5 Å². The molecule has 1 N–H and O–H groups in total. The summed E-state index contributed by atoms with van der Waals surface area (Å²) in [5.74, 6) is 0.753. The number of para-hydroxylation sites is 1. The lowest BCUT2D eigenvalue weighted by molar-refractivity contribution is -0.127. The monoisotopic (exact) mass is 492 g/mol. The van der Waals surface area contributed by atoms with Crippen LogP contribution in [0.4, 0.5) is 5.69 Å². The van der Waals surface area contributed by atoms with Crippen molar-refractivity contribution < 1.29 is 19.1 Å². The van der Waals surface area contributed by atoms with E-state index in [1.807, 2.05) is 53.9 Å². The number of thiophene rings is 1. The van der Waals surface area contributed by atoms with Gasteiger partial charge in [-0.25, -0.2) is 0 Å². The van der Waals surface area contributed by atoms with Crippen LogP contribution in [-0.4, -0.2) is 32.1 Å². The summed E-state index contributed by atoms with van der Waals surface area (Å²) in [5, 5.41) is 5.20. The maximum absolute atomic E-state index is 13.9. The van der Waals surface area contributed by atoms with Gasteiger partial charge in [0.05, 0.1) is 20.6 Å². The highest BCUT2D eigenvalue weighted by Gasteiger charge is 2.34. The first kappa shape index (κ1) is 24.8. The summed E-state index contributed by atoms with van der Waals surface area (Å²) in [6.45, 7) is 0. The zero-order valence-electron chi connectivity index (χ0n) is 20.2. The Morgan fingerprint density at radius 3 is 2.37 bits per heavy atom. The third-order valence-electron chi connectivity index (χ3n) is 6.39. The summed E-state index contributed by atoms with van der Waals surface area (Å²) in [6, 6.07) is 17.9. The number of ether oxygens (including phenoxy) is 2. The number of benzene rings is 2. The van der Waals surface area contributed by atoms with Gasteiger partial charge in [0.15, 0.2) is 11.5 Å². The van der Waals surface area contributed by atoms with Crippen LogP contribution in [0.1, 0.15) is 48.6 Å². The fourth-order valence-electron chi connectivity index (χ4n) is 4.64. The van der Waals surface area contributed by atoms with Gasteiger partial charge in [-0.1, -0.05) is 49.6 Å². The van der Waals surface area contributed by atoms with Gasteiger partial charge in [-0.05, 0) is 54.1 Å². The molecular formula is C28H32N2O4S. The Kier molecular flexibility index (Phi) is 8.42. The van der Waals surface area contributed by atoms with Gasteiger partial charge in [0.2, 0.25) is 11.8 Å². The van der Waals surface area contributed by atoms with Gasteiger partial charge in [0, 0.05) is 16.6 Å². The number of amides is 2. The fraction of sp³-hybridized carbons (Fsp3) is 0.357. The lowest BCUT2D eigenvalue weighted by Crippen LogP contribution is -2.47. The second-order valence-electron chi connectivity index (χ2n) is 8.72. The van der Waals surface area contributed by atoms with Crippen LogP contribution >= 0.6 is 11.3 Å². The summed E-state index contributed by atoms with van der Waals surface area (Å²) in [5.41, 5.74) is 1.34. The van der Waals surface area contributed by atoms with Crippen molar-refractivity contribution in [3.8, 4) is 11.5 Å². The van der Waals surface area contributed by atoms with Crippen LogP contribution in [0.2, 0.25) is 0 Å². The predicted molar refractivity (Wildman–Crippen MR) is 139 cm³/mol. The lowest BCUT2D eigenvalue weighted by atomic mass is 9.94. The SMILES string of the molecule is COc1ccc([C@@H](C(=O)NC2CCCCC2)N(C(=O)Cc2cccs2)c2ccccc2)cc1OC. The molecule has 1 saturated carbocycles. The Morgan fingerprint density at radius 1 is 0.971 bits per heavy atom. The van der Waals surface area contributed by atoms with E-state index in [2.05, 4.69) is 5.32 Å². The van der Waals surface area contributed by atoms with E-state index >= 15 is 0 Å². The van der Waals surface area contributed by atoms with Crippen molar-refractivity contribution >= 4 is 28.8 Å². The highest BCUT2D eigenvalue weighted by atomic mass is 32.1. The molecule has 0 saturated heterocycles. The van der Waals surface area contributed by atoms with Crippen molar-refractivity contribution in [2.24, 2.45) is 0 Å². The molecule has 1 atom stereocenters. The van der Waals surface area contributed by atoms with Crippen LogP contribution in [-0.2, 0) is 16.0 Å². The topological polar surface area (TPSA) is 67.9 Å². The number of rotatable bonds is 9. The van der Waals surface area contributed by atoms with Gasteiger partial charge >= 0.3 is 0 Å². The smallest absolute Gasteiger partial charge is 0.248 e. The molecule has 6 nitrogen and oxygen atoms in total. The molecule has 184 valence electrons. The fourth-order valence-corrected chi connectivity index (χ4v) is 5.34. The Morgan fingerprint density at radius 2 is 1.71 bits per heavy atom. The van der Waals surface area contributed by atoms with Crippen molar-refractivity contribution in [3.05, 3.63) is 76.5 Å². The average Bonchev–Trinajstić information content (AvgIpc) is 3.40. The van der Waals surface area contributed by atoms with Crippen LogP contribution in [0.5, 0.6) is 11.5 Å². The van der Waals surface area contributed by atoms with E-state index in [4.69, 9.17) is 9.47 Å². The summed E-state index contributed by atoms with van der Waals surface area (Å²) >= 11 is 1.53. The molecular weight excluding hydrogens is 460 g/mol. The second-order valence-corrected chi connectivity index (χ2v) is 9.75. The number of carbonyl (C=O) groups is 2. The highest BCUT2D eigenvalue weighted by Crippen LogP contribution is 2.35. The summed E-state index contributed by atoms with van der Waals surface area (Å²) in [7, 11) is 3.14. The Hall–Kier alpha value is -3.32. The van der Waals surface area contributed by atoms with Crippen molar-refractivity contribution in [3.63, 3.8) is 0 Å². The predicted octanol–water partition coefficient (Wildman–Crippen LogP) is 5.53. The first-order chi connectivity index (χ1) is 17.1. The minimum atomic E-state index is -0.855. The third-order valence-corrected chi connectivity index (χ3v) is 7.27. The van der Waals surface area contributed by atoms with Gasteiger partial charge in [0.25, 0.3) is 0 Å². The molecule has 2 aromatic carbocycles. The van der Waals surface area contributed by atoms with Crippen LogP contribution in [0, 0.1) is 0 Å². The zero-order valence-corrected chi connectivity index (χ0v) is 21.1. The molecule has 0 unspecified atom stereocenters. The van der Waals surface area contributed by atoms with Crippen LogP contribution in [0.3, 0.4) is 0 Å². The number of carbonyl (C=O) groups excluding carboxylic acids is 2. The molecule has 1 aromatic heterocycles. The number of hydrogen-bond donors (Lipinski definition) is 1. The van der Waals surface area contributed by atoms with Crippen molar-refractivity contribution in [2.45, 2.75) is 50.6 Å². The molecule has 1 aliphatic rings.